The molecule has 1 aromatic rings. The van der Waals surface area contributed by atoms with Crippen LogP contribution in [0, 0.1) is 23.0 Å². The molecule has 1 aliphatic rings. The molecular formula is C18H24N2O5. The Morgan fingerprint density at radius 2 is 2.00 bits per heavy atom. The number of nitro benzene ring substituents is 1. The Morgan fingerprint density at radius 3 is 2.64 bits per heavy atom. The summed E-state index contributed by atoms with van der Waals surface area (Å²) in [5, 5.41) is 13.8. The number of hydrogen-bond acceptors (Lipinski definition) is 5. The van der Waals surface area contributed by atoms with Crippen LogP contribution < -0.4 is 5.32 Å². The molecule has 0 bridgehead atoms. The Labute approximate surface area is 146 Å². The lowest BCUT2D eigenvalue weighted by Crippen LogP contribution is -2.38. The van der Waals surface area contributed by atoms with Crippen molar-refractivity contribution in [3.05, 3.63) is 39.4 Å². The second kappa shape index (κ2) is 8.60. The van der Waals surface area contributed by atoms with E-state index in [0.29, 0.717) is 12.5 Å². The molecule has 0 radical (unpaired) electrons. The molecule has 2 rings (SSSR count). The van der Waals surface area contributed by atoms with E-state index in [-0.39, 0.29) is 22.7 Å². The van der Waals surface area contributed by atoms with Crippen molar-refractivity contribution in [3.63, 3.8) is 0 Å². The van der Waals surface area contributed by atoms with E-state index in [1.54, 1.807) is 0 Å². The minimum atomic E-state index is -0.949. The predicted molar refractivity (Wildman–Crippen MR) is 92.3 cm³/mol. The summed E-state index contributed by atoms with van der Waals surface area (Å²) < 4.78 is 5.18. The monoisotopic (exact) mass is 348 g/mol. The van der Waals surface area contributed by atoms with Crippen molar-refractivity contribution in [3.8, 4) is 0 Å². The summed E-state index contributed by atoms with van der Waals surface area (Å²) in [5.41, 5.74) is 0.178. The summed E-state index contributed by atoms with van der Waals surface area (Å²) in [6, 6.07) is 4.21. The van der Waals surface area contributed by atoms with Crippen molar-refractivity contribution >= 4 is 17.6 Å². The topological polar surface area (TPSA) is 98.5 Å². The highest BCUT2D eigenvalue weighted by atomic mass is 16.6. The van der Waals surface area contributed by atoms with Gasteiger partial charge >= 0.3 is 5.97 Å². The number of rotatable bonds is 6. The van der Waals surface area contributed by atoms with E-state index >= 15 is 0 Å². The fourth-order valence-electron chi connectivity index (χ4n) is 3.10. The zero-order chi connectivity index (χ0) is 18.4. The fraction of sp³-hybridized carbons (Fsp3) is 0.556. The molecule has 0 heterocycles. The predicted octanol–water partition coefficient (Wildman–Crippen LogP) is 3.15. The summed E-state index contributed by atoms with van der Waals surface area (Å²) in [6.07, 6.45) is 4.91. The normalized spacial score (nSPS) is 16.1. The molecular weight excluding hydrogens is 324 g/mol. The molecule has 0 saturated heterocycles. The van der Waals surface area contributed by atoms with Crippen LogP contribution in [0.1, 0.15) is 54.9 Å². The number of nitro groups is 1. The molecule has 0 spiro atoms. The average molecular weight is 348 g/mol. The highest BCUT2D eigenvalue weighted by molar-refractivity contribution is 5.94. The molecule has 7 nitrogen and oxygen atoms in total. The van der Waals surface area contributed by atoms with Crippen LogP contribution in [0.4, 0.5) is 5.69 Å². The van der Waals surface area contributed by atoms with Gasteiger partial charge < -0.3 is 10.1 Å². The molecule has 0 unspecified atom stereocenters. The second-order valence-electron chi connectivity index (χ2n) is 6.50. The first-order valence-corrected chi connectivity index (χ1v) is 8.63. The van der Waals surface area contributed by atoms with Crippen LogP contribution >= 0.6 is 0 Å². The van der Waals surface area contributed by atoms with Gasteiger partial charge in [0.25, 0.3) is 11.6 Å². The Hall–Kier alpha value is -2.44. The van der Waals surface area contributed by atoms with Crippen molar-refractivity contribution in [1.29, 1.82) is 0 Å². The van der Waals surface area contributed by atoms with Gasteiger partial charge in [0, 0.05) is 18.2 Å². The maximum Gasteiger partial charge on any atom is 0.339 e. The molecule has 1 aliphatic carbocycles. The third-order valence-electron chi connectivity index (χ3n) is 4.66. The molecule has 1 aromatic carbocycles. The maximum atomic E-state index is 12.2. The molecule has 1 fully saturated rings. The number of nitrogens with one attached hydrogen (secondary N) is 1. The largest absolute Gasteiger partial charge is 0.449 e. The molecule has 0 aliphatic heterocycles. The molecule has 1 saturated carbocycles. The van der Waals surface area contributed by atoms with E-state index in [0.717, 1.165) is 12.8 Å². The summed E-state index contributed by atoms with van der Waals surface area (Å²) in [5.74, 6) is -0.594. The number of carbonyl (C=O) groups is 2. The van der Waals surface area contributed by atoms with Gasteiger partial charge in [-0.3, -0.25) is 14.9 Å². The van der Waals surface area contributed by atoms with Crippen LogP contribution in [0.15, 0.2) is 18.2 Å². The molecule has 7 heteroatoms. The van der Waals surface area contributed by atoms with Gasteiger partial charge in [0.2, 0.25) is 0 Å². The number of benzene rings is 1. The number of nitrogens with zero attached hydrogens (tertiary/aromatic N) is 1. The van der Waals surface area contributed by atoms with Crippen LogP contribution in [0.25, 0.3) is 0 Å². The van der Waals surface area contributed by atoms with Gasteiger partial charge in [-0.05, 0) is 38.7 Å². The van der Waals surface area contributed by atoms with Gasteiger partial charge in [0.15, 0.2) is 6.10 Å². The molecule has 136 valence electrons. The van der Waals surface area contributed by atoms with Crippen molar-refractivity contribution in [1.82, 2.24) is 5.32 Å². The number of ether oxygens (including phenoxy) is 1. The number of esters is 1. The molecule has 1 amide bonds. The van der Waals surface area contributed by atoms with Gasteiger partial charge in [-0.1, -0.05) is 25.3 Å². The minimum Gasteiger partial charge on any atom is -0.449 e. The first-order valence-electron chi connectivity index (χ1n) is 8.63. The van der Waals surface area contributed by atoms with Crippen molar-refractivity contribution in [2.45, 2.75) is 52.1 Å². The van der Waals surface area contributed by atoms with E-state index in [2.05, 4.69) is 5.32 Å². The number of hydrogen-bond donors (Lipinski definition) is 1. The van der Waals surface area contributed by atoms with Crippen LogP contribution in [-0.2, 0) is 9.53 Å². The standard InChI is InChI=1S/C18H24N2O5/c1-12-15(9-6-10-16(12)20(23)24)18(22)25-13(2)17(21)19-11-14-7-4-3-5-8-14/h6,9-10,13-14H,3-5,7-8,11H2,1-2H3,(H,19,21)/t13-/m1/s1. The van der Waals surface area contributed by atoms with Crippen LogP contribution in [0.3, 0.4) is 0 Å². The van der Waals surface area contributed by atoms with Crippen LogP contribution in [0.5, 0.6) is 0 Å². The SMILES string of the molecule is Cc1c(C(=O)O[C@H](C)C(=O)NCC2CCCCC2)cccc1[N+](=O)[O-]. The molecule has 0 aromatic heterocycles. The quantitative estimate of drug-likeness (QED) is 0.484. The highest BCUT2D eigenvalue weighted by Crippen LogP contribution is 2.23. The average Bonchev–Trinajstić information content (AvgIpc) is 2.60. The lowest BCUT2D eigenvalue weighted by atomic mass is 9.89. The zero-order valence-electron chi connectivity index (χ0n) is 14.6. The van der Waals surface area contributed by atoms with Gasteiger partial charge in [0.1, 0.15) is 0 Å². The maximum absolute atomic E-state index is 12.2. The Kier molecular flexibility index (Phi) is 6.50. The lowest BCUT2D eigenvalue weighted by Gasteiger charge is -2.22. The fourth-order valence-corrected chi connectivity index (χ4v) is 3.10. The zero-order valence-corrected chi connectivity index (χ0v) is 14.6. The van der Waals surface area contributed by atoms with Crippen molar-refractivity contribution < 1.29 is 19.2 Å². The van der Waals surface area contributed by atoms with Crippen molar-refractivity contribution in [2.75, 3.05) is 6.54 Å². The van der Waals surface area contributed by atoms with E-state index in [1.165, 1.54) is 51.3 Å². The molecule has 1 atom stereocenters. The second-order valence-corrected chi connectivity index (χ2v) is 6.50. The summed E-state index contributed by atoms with van der Waals surface area (Å²) in [6.45, 7) is 3.58. The van der Waals surface area contributed by atoms with Gasteiger partial charge in [0.05, 0.1) is 10.5 Å². The third kappa shape index (κ3) is 5.01. The summed E-state index contributed by atoms with van der Waals surface area (Å²) >= 11 is 0. The smallest absolute Gasteiger partial charge is 0.339 e. The van der Waals surface area contributed by atoms with E-state index in [9.17, 15) is 19.7 Å². The van der Waals surface area contributed by atoms with Gasteiger partial charge in [-0.25, -0.2) is 4.79 Å². The van der Waals surface area contributed by atoms with Gasteiger partial charge in [-0.2, -0.15) is 0 Å². The van der Waals surface area contributed by atoms with E-state index in [4.69, 9.17) is 4.74 Å². The van der Waals surface area contributed by atoms with Crippen LogP contribution in [-0.4, -0.2) is 29.4 Å². The number of carbonyl (C=O) groups excluding carboxylic acids is 2. The lowest BCUT2D eigenvalue weighted by molar-refractivity contribution is -0.385. The van der Waals surface area contributed by atoms with Gasteiger partial charge in [-0.15, -0.1) is 0 Å². The first-order chi connectivity index (χ1) is 11.9. The Morgan fingerprint density at radius 1 is 1.32 bits per heavy atom. The van der Waals surface area contributed by atoms with E-state index < -0.39 is 17.0 Å². The summed E-state index contributed by atoms with van der Waals surface area (Å²) in [4.78, 5) is 34.8. The van der Waals surface area contributed by atoms with Crippen LogP contribution in [0.2, 0.25) is 0 Å². The molecule has 25 heavy (non-hydrogen) atoms. The van der Waals surface area contributed by atoms with E-state index in [1.807, 2.05) is 0 Å². The first kappa shape index (κ1) is 18.9. The Bertz CT molecular complexity index is 653. The Balaban J connectivity index is 1.92. The van der Waals surface area contributed by atoms with Crippen molar-refractivity contribution in [2.24, 2.45) is 5.92 Å². The third-order valence-corrected chi connectivity index (χ3v) is 4.66. The molecule has 1 N–H and O–H groups in total. The minimum absolute atomic E-state index is 0.0983. The summed E-state index contributed by atoms with van der Waals surface area (Å²) in [7, 11) is 0. The number of amides is 1. The highest BCUT2D eigenvalue weighted by Gasteiger charge is 2.24.